The predicted octanol–water partition coefficient (Wildman–Crippen LogP) is 3.99. The lowest BCUT2D eigenvalue weighted by Gasteiger charge is -2.20. The molecular weight excluding hydrogens is 372 g/mol. The molecule has 0 aliphatic carbocycles. The Morgan fingerprint density at radius 1 is 1.21 bits per heavy atom. The minimum absolute atomic E-state index is 0.0514. The summed E-state index contributed by atoms with van der Waals surface area (Å²) in [6.07, 6.45) is 1.22. The van der Waals surface area contributed by atoms with E-state index in [-0.39, 0.29) is 17.9 Å². The largest absolute Gasteiger partial charge is 0.345 e. The molecule has 4 rings (SSSR count). The van der Waals surface area contributed by atoms with Crippen LogP contribution in [0.3, 0.4) is 0 Å². The molecule has 7 heteroatoms. The summed E-state index contributed by atoms with van der Waals surface area (Å²) in [5, 5.41) is 6.96. The molecule has 28 heavy (non-hydrogen) atoms. The van der Waals surface area contributed by atoms with Gasteiger partial charge in [0.1, 0.15) is 10.7 Å². The van der Waals surface area contributed by atoms with E-state index in [2.05, 4.69) is 26.7 Å². The molecule has 1 aliphatic heterocycles. The van der Waals surface area contributed by atoms with Gasteiger partial charge in [0.2, 0.25) is 5.91 Å². The third-order valence-electron chi connectivity index (χ3n) is 5.16. The van der Waals surface area contributed by atoms with Crippen LogP contribution in [0.15, 0.2) is 18.2 Å². The first-order chi connectivity index (χ1) is 13.3. The van der Waals surface area contributed by atoms with Gasteiger partial charge in [-0.05, 0) is 56.9 Å². The Kier molecular flexibility index (Phi) is 4.63. The number of amides is 2. The Hall–Kier alpha value is -2.80. The number of fused-ring (bicyclic) bond motifs is 2. The first-order valence-electron chi connectivity index (χ1n) is 9.31. The van der Waals surface area contributed by atoms with E-state index in [1.165, 1.54) is 11.3 Å². The third kappa shape index (κ3) is 3.26. The summed E-state index contributed by atoms with van der Waals surface area (Å²) in [5.41, 5.74) is 4.82. The summed E-state index contributed by atoms with van der Waals surface area (Å²) < 4.78 is 0. The van der Waals surface area contributed by atoms with Crippen molar-refractivity contribution in [2.24, 2.45) is 0 Å². The Morgan fingerprint density at radius 2 is 2.00 bits per heavy atom. The number of aromatic nitrogens is 2. The highest BCUT2D eigenvalue weighted by atomic mass is 32.1. The summed E-state index contributed by atoms with van der Waals surface area (Å²) in [7, 11) is 0. The van der Waals surface area contributed by atoms with Gasteiger partial charge in [-0.15, -0.1) is 11.3 Å². The van der Waals surface area contributed by atoms with Crippen molar-refractivity contribution in [3.8, 4) is 0 Å². The number of hydrogen-bond donors (Lipinski definition) is 2. The van der Waals surface area contributed by atoms with Crippen LogP contribution in [0.1, 0.15) is 57.3 Å². The van der Waals surface area contributed by atoms with Gasteiger partial charge in [0.15, 0.2) is 0 Å². The van der Waals surface area contributed by atoms with Crippen LogP contribution in [0.25, 0.3) is 10.2 Å². The zero-order valence-electron chi connectivity index (χ0n) is 16.3. The number of thiophene rings is 1. The Balaban J connectivity index is 1.59. The van der Waals surface area contributed by atoms with E-state index in [4.69, 9.17) is 0 Å². The molecule has 144 valence electrons. The Bertz CT molecular complexity index is 1120. The average Bonchev–Trinajstić information content (AvgIpc) is 2.97. The number of carbonyl (C=O) groups is 2. The van der Waals surface area contributed by atoms with Crippen LogP contribution in [0.5, 0.6) is 0 Å². The van der Waals surface area contributed by atoms with Gasteiger partial charge < -0.3 is 10.6 Å². The monoisotopic (exact) mass is 394 g/mol. The average molecular weight is 395 g/mol. The maximum absolute atomic E-state index is 12.9. The van der Waals surface area contributed by atoms with E-state index in [1.54, 1.807) is 0 Å². The van der Waals surface area contributed by atoms with Crippen molar-refractivity contribution in [3.63, 3.8) is 0 Å². The standard InChI is InChI=1S/C21H22N4O2S/c1-10-18-12(3)22-13(4)24-21(18)28-19(10)20(27)23-11(2)14-5-7-16-15(9-14)6-8-17(26)25-16/h5,7,9,11H,6,8H2,1-4H3,(H,23,27)(H,25,26)/t11-/m0/s1. The summed E-state index contributed by atoms with van der Waals surface area (Å²) in [4.78, 5) is 34.9. The summed E-state index contributed by atoms with van der Waals surface area (Å²) in [6.45, 7) is 7.74. The van der Waals surface area contributed by atoms with Gasteiger partial charge in [-0.25, -0.2) is 9.97 Å². The molecule has 3 heterocycles. The number of aryl methyl sites for hydroxylation is 4. The molecule has 0 fully saturated rings. The van der Waals surface area contributed by atoms with Crippen molar-refractivity contribution in [1.29, 1.82) is 0 Å². The highest BCUT2D eigenvalue weighted by Crippen LogP contribution is 2.32. The number of rotatable bonds is 3. The van der Waals surface area contributed by atoms with Crippen molar-refractivity contribution >= 4 is 39.1 Å². The normalized spacial score (nSPS) is 14.5. The fourth-order valence-electron chi connectivity index (χ4n) is 3.71. The lowest BCUT2D eigenvalue weighted by Crippen LogP contribution is -2.27. The molecule has 2 aromatic heterocycles. The zero-order valence-corrected chi connectivity index (χ0v) is 17.2. The van der Waals surface area contributed by atoms with Gasteiger partial charge in [0.05, 0.1) is 10.9 Å². The van der Waals surface area contributed by atoms with Crippen LogP contribution in [0, 0.1) is 20.8 Å². The molecule has 0 bridgehead atoms. The van der Waals surface area contributed by atoms with Crippen molar-refractivity contribution in [2.75, 3.05) is 5.32 Å². The third-order valence-corrected chi connectivity index (χ3v) is 6.35. The SMILES string of the molecule is Cc1nc(C)c2c(C)c(C(=O)N[C@@H](C)c3ccc4c(c3)CCC(=O)N4)sc2n1. The maximum Gasteiger partial charge on any atom is 0.262 e. The van der Waals surface area contributed by atoms with Crippen molar-refractivity contribution in [2.45, 2.75) is 46.6 Å². The molecule has 1 aromatic carbocycles. The fraction of sp³-hybridized carbons (Fsp3) is 0.333. The first kappa shape index (κ1) is 18.6. The second-order valence-corrected chi connectivity index (χ2v) is 8.25. The summed E-state index contributed by atoms with van der Waals surface area (Å²) in [6, 6.07) is 5.79. The molecule has 3 aromatic rings. The fourth-order valence-corrected chi connectivity index (χ4v) is 4.89. The van der Waals surface area contributed by atoms with Crippen LogP contribution >= 0.6 is 11.3 Å². The Morgan fingerprint density at radius 3 is 2.79 bits per heavy atom. The number of nitrogens with one attached hydrogen (secondary N) is 2. The summed E-state index contributed by atoms with van der Waals surface area (Å²) in [5.74, 6) is 0.666. The molecule has 6 nitrogen and oxygen atoms in total. The van der Waals surface area contributed by atoms with Gasteiger partial charge in [0.25, 0.3) is 5.91 Å². The molecule has 1 aliphatic rings. The van der Waals surface area contributed by atoms with E-state index in [9.17, 15) is 9.59 Å². The second kappa shape index (κ2) is 6.98. The van der Waals surface area contributed by atoms with Gasteiger partial charge >= 0.3 is 0 Å². The van der Waals surface area contributed by atoms with Crippen molar-refractivity contribution in [1.82, 2.24) is 15.3 Å². The smallest absolute Gasteiger partial charge is 0.262 e. The molecule has 0 radical (unpaired) electrons. The number of hydrogen-bond acceptors (Lipinski definition) is 5. The van der Waals surface area contributed by atoms with Gasteiger partial charge in [-0.3, -0.25) is 9.59 Å². The molecule has 2 N–H and O–H groups in total. The summed E-state index contributed by atoms with van der Waals surface area (Å²) >= 11 is 1.41. The van der Waals surface area contributed by atoms with Gasteiger partial charge in [0, 0.05) is 23.2 Å². The Labute approximate surface area is 167 Å². The minimum Gasteiger partial charge on any atom is -0.345 e. The lowest BCUT2D eigenvalue weighted by atomic mass is 9.97. The predicted molar refractivity (Wildman–Crippen MR) is 111 cm³/mol. The lowest BCUT2D eigenvalue weighted by molar-refractivity contribution is -0.116. The quantitative estimate of drug-likeness (QED) is 0.703. The van der Waals surface area contributed by atoms with Crippen molar-refractivity contribution in [3.05, 3.63) is 51.3 Å². The van der Waals surface area contributed by atoms with Crippen LogP contribution in [0.2, 0.25) is 0 Å². The van der Waals surface area contributed by atoms with E-state index in [0.29, 0.717) is 17.1 Å². The molecule has 0 spiro atoms. The highest BCUT2D eigenvalue weighted by Gasteiger charge is 2.21. The van der Waals surface area contributed by atoms with E-state index in [0.717, 1.165) is 44.7 Å². The molecule has 2 amide bonds. The zero-order chi connectivity index (χ0) is 20.0. The number of benzene rings is 1. The number of anilines is 1. The molecule has 0 saturated heterocycles. The van der Waals surface area contributed by atoms with Gasteiger partial charge in [-0.1, -0.05) is 12.1 Å². The van der Waals surface area contributed by atoms with Crippen LogP contribution in [-0.4, -0.2) is 21.8 Å². The molecule has 1 atom stereocenters. The van der Waals surface area contributed by atoms with Gasteiger partial charge in [-0.2, -0.15) is 0 Å². The molecule has 0 saturated carbocycles. The van der Waals surface area contributed by atoms with Crippen LogP contribution in [-0.2, 0) is 11.2 Å². The molecule has 0 unspecified atom stereocenters. The first-order valence-corrected chi connectivity index (χ1v) is 10.1. The van der Waals surface area contributed by atoms with Crippen molar-refractivity contribution < 1.29 is 9.59 Å². The van der Waals surface area contributed by atoms with E-state index < -0.39 is 0 Å². The van der Waals surface area contributed by atoms with E-state index >= 15 is 0 Å². The maximum atomic E-state index is 12.9. The minimum atomic E-state index is -0.144. The number of nitrogens with zero attached hydrogens (tertiary/aromatic N) is 2. The molecular formula is C21H22N4O2S. The number of carbonyl (C=O) groups excluding carboxylic acids is 2. The van der Waals surface area contributed by atoms with Crippen LogP contribution < -0.4 is 10.6 Å². The topological polar surface area (TPSA) is 84.0 Å². The highest BCUT2D eigenvalue weighted by molar-refractivity contribution is 7.20. The second-order valence-electron chi connectivity index (χ2n) is 7.25. The van der Waals surface area contributed by atoms with Crippen LogP contribution in [0.4, 0.5) is 5.69 Å². The van der Waals surface area contributed by atoms with E-state index in [1.807, 2.05) is 39.8 Å².